The van der Waals surface area contributed by atoms with Gasteiger partial charge < -0.3 is 15.8 Å². The van der Waals surface area contributed by atoms with Gasteiger partial charge >= 0.3 is 0 Å². The van der Waals surface area contributed by atoms with E-state index in [1.807, 2.05) is 0 Å². The molecule has 0 aromatic rings. The van der Waals surface area contributed by atoms with Crippen molar-refractivity contribution in [2.75, 3.05) is 13.2 Å². The van der Waals surface area contributed by atoms with Crippen LogP contribution in [0.2, 0.25) is 0 Å². The molecule has 2 aliphatic rings. The van der Waals surface area contributed by atoms with E-state index in [0.717, 1.165) is 25.5 Å². The highest BCUT2D eigenvalue weighted by Crippen LogP contribution is 2.46. The van der Waals surface area contributed by atoms with Crippen molar-refractivity contribution in [2.24, 2.45) is 28.4 Å². The predicted octanol–water partition coefficient (Wildman–Crippen LogP) is 3.18. The molecule has 0 aliphatic heterocycles. The average Bonchev–Trinajstić information content (AvgIpc) is 2.41. The zero-order chi connectivity index (χ0) is 15.8. The third-order valence-corrected chi connectivity index (χ3v) is 6.87. The Morgan fingerprint density at radius 1 is 1.14 bits per heavy atom. The van der Waals surface area contributed by atoms with Crippen LogP contribution in [0.15, 0.2) is 0 Å². The van der Waals surface area contributed by atoms with Gasteiger partial charge in [0.05, 0.1) is 6.10 Å². The van der Waals surface area contributed by atoms with Crippen LogP contribution in [0.1, 0.15) is 60.8 Å². The monoisotopic (exact) mass is 296 g/mol. The number of hydrogen-bond donors (Lipinski definition) is 2. The van der Waals surface area contributed by atoms with Crippen molar-refractivity contribution in [2.45, 2.75) is 79.0 Å². The summed E-state index contributed by atoms with van der Waals surface area (Å²) in [7, 11) is 0. The number of nitrogens with one attached hydrogen (secondary N) is 1. The summed E-state index contributed by atoms with van der Waals surface area (Å²) in [5, 5.41) is 3.84. The lowest BCUT2D eigenvalue weighted by Crippen LogP contribution is -2.62. The van der Waals surface area contributed by atoms with E-state index >= 15 is 0 Å². The number of hydrogen-bond acceptors (Lipinski definition) is 3. The molecule has 0 saturated heterocycles. The van der Waals surface area contributed by atoms with Crippen LogP contribution < -0.4 is 11.1 Å². The van der Waals surface area contributed by atoms with Crippen LogP contribution in [0.5, 0.6) is 0 Å². The van der Waals surface area contributed by atoms with Crippen molar-refractivity contribution >= 4 is 0 Å². The quantitative estimate of drug-likeness (QED) is 0.819. The van der Waals surface area contributed by atoms with Gasteiger partial charge in [-0.15, -0.1) is 0 Å². The fraction of sp³-hybridized carbons (Fsp3) is 1.00. The molecule has 3 nitrogen and oxygen atoms in total. The fourth-order valence-corrected chi connectivity index (χ4v) is 4.30. The lowest BCUT2D eigenvalue weighted by Gasteiger charge is -2.53. The standard InChI is InChI=1S/C18H36N2O/c1-7-21-16-10-15(18(16,5)6)20-11-13-8-9-14(19)12(2)17(13,3)4/h12-16,20H,7-11,19H2,1-6H3. The smallest absolute Gasteiger partial charge is 0.0655 e. The largest absolute Gasteiger partial charge is 0.378 e. The van der Waals surface area contributed by atoms with E-state index in [1.54, 1.807) is 0 Å². The Balaban J connectivity index is 1.87. The Bertz CT molecular complexity index is 353. The molecule has 5 unspecified atom stereocenters. The molecule has 124 valence electrons. The van der Waals surface area contributed by atoms with Gasteiger partial charge in [-0.05, 0) is 50.0 Å². The number of rotatable bonds is 5. The van der Waals surface area contributed by atoms with Crippen LogP contribution in [-0.4, -0.2) is 31.3 Å². The highest BCUT2D eigenvalue weighted by Gasteiger charge is 2.49. The molecular weight excluding hydrogens is 260 g/mol. The van der Waals surface area contributed by atoms with Gasteiger partial charge in [-0.1, -0.05) is 34.6 Å². The maximum Gasteiger partial charge on any atom is 0.0655 e. The van der Waals surface area contributed by atoms with Crippen molar-refractivity contribution in [1.82, 2.24) is 5.32 Å². The van der Waals surface area contributed by atoms with Gasteiger partial charge in [0.2, 0.25) is 0 Å². The Hall–Kier alpha value is -0.120. The summed E-state index contributed by atoms with van der Waals surface area (Å²) in [6, 6.07) is 0.967. The van der Waals surface area contributed by atoms with Gasteiger partial charge in [-0.3, -0.25) is 0 Å². The van der Waals surface area contributed by atoms with Crippen molar-refractivity contribution in [3.63, 3.8) is 0 Å². The molecule has 2 rings (SSSR count). The van der Waals surface area contributed by atoms with Gasteiger partial charge in [0, 0.05) is 24.1 Å². The molecule has 0 heterocycles. The summed E-state index contributed by atoms with van der Waals surface area (Å²) in [5.41, 5.74) is 6.86. The second kappa shape index (κ2) is 6.17. The third-order valence-electron chi connectivity index (χ3n) is 6.87. The SMILES string of the molecule is CCOC1CC(NCC2CCC(N)C(C)C2(C)C)C1(C)C. The number of nitrogens with two attached hydrogens (primary N) is 1. The highest BCUT2D eigenvalue weighted by molar-refractivity contribution is 5.03. The maximum atomic E-state index is 6.27. The molecule has 0 aromatic heterocycles. The van der Waals surface area contributed by atoms with E-state index in [9.17, 15) is 0 Å². The minimum atomic E-state index is 0.261. The molecule has 0 radical (unpaired) electrons. The maximum absolute atomic E-state index is 6.27. The Morgan fingerprint density at radius 2 is 1.81 bits per heavy atom. The topological polar surface area (TPSA) is 47.3 Å². The van der Waals surface area contributed by atoms with E-state index < -0.39 is 0 Å². The van der Waals surface area contributed by atoms with Crippen LogP contribution >= 0.6 is 0 Å². The first-order valence-electron chi connectivity index (χ1n) is 8.81. The van der Waals surface area contributed by atoms with Crippen molar-refractivity contribution in [1.29, 1.82) is 0 Å². The summed E-state index contributed by atoms with van der Waals surface area (Å²) >= 11 is 0. The Kier molecular flexibility index (Phi) is 5.07. The van der Waals surface area contributed by atoms with Crippen LogP contribution in [0.25, 0.3) is 0 Å². The Labute approximate surface area is 131 Å². The zero-order valence-corrected chi connectivity index (χ0v) is 14.9. The lowest BCUT2D eigenvalue weighted by atomic mass is 9.60. The minimum absolute atomic E-state index is 0.261. The van der Waals surface area contributed by atoms with E-state index in [4.69, 9.17) is 10.5 Å². The van der Waals surface area contributed by atoms with Crippen LogP contribution in [0, 0.1) is 22.7 Å². The van der Waals surface area contributed by atoms with Crippen molar-refractivity contribution in [3.8, 4) is 0 Å². The zero-order valence-electron chi connectivity index (χ0n) is 14.9. The van der Waals surface area contributed by atoms with Crippen LogP contribution in [0.4, 0.5) is 0 Å². The molecule has 3 N–H and O–H groups in total. The summed E-state index contributed by atoms with van der Waals surface area (Å²) < 4.78 is 5.83. The molecule has 0 spiro atoms. The predicted molar refractivity (Wildman–Crippen MR) is 89.2 cm³/mol. The van der Waals surface area contributed by atoms with E-state index in [2.05, 4.69) is 46.9 Å². The first-order chi connectivity index (χ1) is 9.71. The molecule has 0 bridgehead atoms. The number of ether oxygens (including phenoxy) is 1. The molecule has 5 atom stereocenters. The molecule has 0 aromatic carbocycles. The van der Waals surface area contributed by atoms with Gasteiger partial charge in [0.15, 0.2) is 0 Å². The van der Waals surface area contributed by atoms with E-state index in [-0.39, 0.29) is 5.41 Å². The van der Waals surface area contributed by atoms with Gasteiger partial charge in [-0.25, -0.2) is 0 Å². The summed E-state index contributed by atoms with van der Waals surface area (Å²) in [6.45, 7) is 15.8. The summed E-state index contributed by atoms with van der Waals surface area (Å²) in [6.07, 6.45) is 4.01. The average molecular weight is 296 g/mol. The van der Waals surface area contributed by atoms with Crippen molar-refractivity contribution in [3.05, 3.63) is 0 Å². The molecule has 2 saturated carbocycles. The molecule has 2 fully saturated rings. The fourth-order valence-electron chi connectivity index (χ4n) is 4.30. The van der Waals surface area contributed by atoms with Gasteiger partial charge in [0.25, 0.3) is 0 Å². The van der Waals surface area contributed by atoms with Crippen molar-refractivity contribution < 1.29 is 4.74 Å². The van der Waals surface area contributed by atoms with Gasteiger partial charge in [-0.2, -0.15) is 0 Å². The van der Waals surface area contributed by atoms with Crippen LogP contribution in [0.3, 0.4) is 0 Å². The Morgan fingerprint density at radius 3 is 2.38 bits per heavy atom. The first kappa shape index (κ1) is 17.2. The summed E-state index contributed by atoms with van der Waals surface area (Å²) in [4.78, 5) is 0. The molecule has 21 heavy (non-hydrogen) atoms. The van der Waals surface area contributed by atoms with E-state index in [1.165, 1.54) is 12.8 Å². The molecule has 2 aliphatic carbocycles. The molecular formula is C18H36N2O. The van der Waals surface area contributed by atoms with E-state index in [0.29, 0.717) is 29.5 Å². The summed E-state index contributed by atoms with van der Waals surface area (Å²) in [5.74, 6) is 1.33. The lowest BCUT2D eigenvalue weighted by molar-refractivity contribution is -0.116. The second-order valence-electron chi connectivity index (χ2n) is 8.51. The molecule has 0 amide bonds. The normalized spacial score (nSPS) is 41.6. The highest BCUT2D eigenvalue weighted by atomic mass is 16.5. The molecule has 3 heteroatoms. The second-order valence-corrected chi connectivity index (χ2v) is 8.51. The van der Waals surface area contributed by atoms with Gasteiger partial charge in [0.1, 0.15) is 0 Å². The first-order valence-corrected chi connectivity index (χ1v) is 8.81. The van der Waals surface area contributed by atoms with Crippen LogP contribution in [-0.2, 0) is 4.74 Å². The third kappa shape index (κ3) is 3.16. The minimum Gasteiger partial charge on any atom is -0.378 e.